The summed E-state index contributed by atoms with van der Waals surface area (Å²) in [7, 11) is 0. The lowest BCUT2D eigenvalue weighted by Gasteiger charge is -2.04. The quantitative estimate of drug-likeness (QED) is 0.669. The van der Waals surface area contributed by atoms with Crippen molar-refractivity contribution in [3.05, 3.63) is 47.8 Å². The Morgan fingerprint density at radius 1 is 1.15 bits per heavy atom. The normalized spacial score (nSPS) is 12.0. The molecular weight excluding hydrogens is 269 g/mol. The number of fused-ring (bicyclic) bond motifs is 1. The highest BCUT2D eigenvalue weighted by atomic mass is 19.4. The number of halogens is 3. The van der Waals surface area contributed by atoms with Crippen LogP contribution in [0.5, 0.6) is 0 Å². The van der Waals surface area contributed by atoms with E-state index in [1.807, 2.05) is 6.92 Å². The lowest BCUT2D eigenvalue weighted by atomic mass is 10.1. The molecule has 0 aliphatic rings. The zero-order valence-electron chi connectivity index (χ0n) is 10.4. The van der Waals surface area contributed by atoms with E-state index in [1.54, 1.807) is 18.5 Å². The third kappa shape index (κ3) is 2.13. The molecule has 0 N–H and O–H groups in total. The molecule has 102 valence electrons. The van der Waals surface area contributed by atoms with Crippen LogP contribution in [0.4, 0.5) is 13.2 Å². The first-order valence-electron chi connectivity index (χ1n) is 5.84. The molecule has 0 fully saturated rings. The van der Waals surface area contributed by atoms with E-state index in [0.29, 0.717) is 17.0 Å². The van der Waals surface area contributed by atoms with Crippen LogP contribution in [0, 0.1) is 6.92 Å². The molecule has 0 saturated heterocycles. The summed E-state index contributed by atoms with van der Waals surface area (Å²) < 4.78 is 43.4. The minimum Gasteiger partial charge on any atom is -0.436 e. The van der Waals surface area contributed by atoms with Gasteiger partial charge in [-0.3, -0.25) is 4.98 Å². The van der Waals surface area contributed by atoms with Crippen LogP contribution in [0.2, 0.25) is 0 Å². The SMILES string of the molecule is Cc1cnccc1-c1nc2cc(C(F)(F)F)ccc2o1. The zero-order chi connectivity index (χ0) is 14.3. The molecule has 2 aromatic heterocycles. The van der Waals surface area contributed by atoms with Crippen molar-refractivity contribution >= 4 is 11.1 Å². The first-order valence-corrected chi connectivity index (χ1v) is 5.84. The van der Waals surface area contributed by atoms with E-state index < -0.39 is 11.7 Å². The molecular formula is C14H9F3N2O. The minimum atomic E-state index is -4.39. The Morgan fingerprint density at radius 2 is 1.95 bits per heavy atom. The van der Waals surface area contributed by atoms with Gasteiger partial charge in [0, 0.05) is 18.0 Å². The highest BCUT2D eigenvalue weighted by Gasteiger charge is 2.31. The Balaban J connectivity index is 2.14. The topological polar surface area (TPSA) is 38.9 Å². The number of oxazole rings is 1. The summed E-state index contributed by atoms with van der Waals surface area (Å²) in [5.74, 6) is 0.291. The van der Waals surface area contributed by atoms with Gasteiger partial charge < -0.3 is 4.42 Å². The Kier molecular flexibility index (Phi) is 2.74. The highest BCUT2D eigenvalue weighted by molar-refractivity contribution is 5.77. The molecule has 0 aliphatic heterocycles. The molecule has 0 radical (unpaired) electrons. The largest absolute Gasteiger partial charge is 0.436 e. The molecule has 3 rings (SSSR count). The second kappa shape index (κ2) is 4.33. The van der Waals surface area contributed by atoms with Crippen molar-refractivity contribution in [1.29, 1.82) is 0 Å². The first kappa shape index (κ1) is 12.7. The molecule has 0 aliphatic carbocycles. The van der Waals surface area contributed by atoms with Gasteiger partial charge in [0.2, 0.25) is 5.89 Å². The van der Waals surface area contributed by atoms with E-state index in [-0.39, 0.29) is 5.52 Å². The fourth-order valence-corrected chi connectivity index (χ4v) is 1.93. The second-order valence-corrected chi connectivity index (χ2v) is 4.39. The fourth-order valence-electron chi connectivity index (χ4n) is 1.93. The fraction of sp³-hybridized carbons (Fsp3) is 0.143. The van der Waals surface area contributed by atoms with Crippen molar-refractivity contribution in [2.45, 2.75) is 13.1 Å². The summed E-state index contributed by atoms with van der Waals surface area (Å²) in [5, 5.41) is 0. The number of aryl methyl sites for hydroxylation is 1. The van der Waals surface area contributed by atoms with Gasteiger partial charge in [-0.1, -0.05) is 0 Å². The maximum atomic E-state index is 12.6. The predicted molar refractivity (Wildman–Crippen MR) is 67.0 cm³/mol. The molecule has 0 bridgehead atoms. The molecule has 3 nitrogen and oxygen atoms in total. The Bertz CT molecular complexity index is 777. The number of alkyl halides is 3. The zero-order valence-corrected chi connectivity index (χ0v) is 10.4. The van der Waals surface area contributed by atoms with Gasteiger partial charge in [-0.25, -0.2) is 4.98 Å². The summed E-state index contributed by atoms with van der Waals surface area (Å²) in [4.78, 5) is 8.08. The number of hydrogen-bond donors (Lipinski definition) is 0. The third-order valence-electron chi connectivity index (χ3n) is 2.97. The summed E-state index contributed by atoms with van der Waals surface area (Å²) >= 11 is 0. The van der Waals surface area contributed by atoms with E-state index in [2.05, 4.69) is 9.97 Å². The number of nitrogens with zero attached hydrogens (tertiary/aromatic N) is 2. The van der Waals surface area contributed by atoms with Crippen molar-refractivity contribution in [2.75, 3.05) is 0 Å². The van der Waals surface area contributed by atoms with E-state index in [9.17, 15) is 13.2 Å². The maximum absolute atomic E-state index is 12.6. The van der Waals surface area contributed by atoms with Crippen molar-refractivity contribution < 1.29 is 17.6 Å². The van der Waals surface area contributed by atoms with Crippen LogP contribution < -0.4 is 0 Å². The van der Waals surface area contributed by atoms with E-state index in [4.69, 9.17) is 4.42 Å². The summed E-state index contributed by atoms with van der Waals surface area (Å²) in [6.45, 7) is 1.83. The smallest absolute Gasteiger partial charge is 0.416 e. The Labute approximate surface area is 112 Å². The average Bonchev–Trinajstić information content (AvgIpc) is 2.80. The Morgan fingerprint density at radius 3 is 2.65 bits per heavy atom. The molecule has 0 unspecified atom stereocenters. The van der Waals surface area contributed by atoms with Gasteiger partial charge in [0.25, 0.3) is 0 Å². The number of aromatic nitrogens is 2. The van der Waals surface area contributed by atoms with Gasteiger partial charge in [0.15, 0.2) is 5.58 Å². The standard InChI is InChI=1S/C14H9F3N2O/c1-8-7-18-5-4-10(8)13-19-11-6-9(14(15,16)17)2-3-12(11)20-13/h2-7H,1H3. The number of benzene rings is 1. The van der Waals surface area contributed by atoms with Gasteiger partial charge in [-0.05, 0) is 36.8 Å². The molecule has 0 saturated carbocycles. The summed E-state index contributed by atoms with van der Waals surface area (Å²) in [5.41, 5.74) is 1.33. The van der Waals surface area contributed by atoms with Gasteiger partial charge in [-0.2, -0.15) is 13.2 Å². The summed E-state index contributed by atoms with van der Waals surface area (Å²) in [6, 6.07) is 4.96. The molecule has 6 heteroatoms. The number of hydrogen-bond acceptors (Lipinski definition) is 3. The lowest BCUT2D eigenvalue weighted by molar-refractivity contribution is -0.137. The van der Waals surface area contributed by atoms with E-state index in [1.165, 1.54) is 6.07 Å². The van der Waals surface area contributed by atoms with Gasteiger partial charge in [-0.15, -0.1) is 0 Å². The lowest BCUT2D eigenvalue weighted by Crippen LogP contribution is -2.03. The molecule has 1 aromatic carbocycles. The van der Waals surface area contributed by atoms with Crippen molar-refractivity contribution in [2.24, 2.45) is 0 Å². The molecule has 3 aromatic rings. The summed E-state index contributed by atoms with van der Waals surface area (Å²) in [6.07, 6.45) is -1.16. The van der Waals surface area contributed by atoms with Crippen LogP contribution in [-0.2, 0) is 6.18 Å². The molecule has 2 heterocycles. The van der Waals surface area contributed by atoms with Crippen LogP contribution in [0.25, 0.3) is 22.6 Å². The van der Waals surface area contributed by atoms with E-state index >= 15 is 0 Å². The monoisotopic (exact) mass is 278 g/mol. The van der Waals surface area contributed by atoms with Crippen LogP contribution in [0.3, 0.4) is 0 Å². The van der Waals surface area contributed by atoms with Crippen molar-refractivity contribution in [3.8, 4) is 11.5 Å². The van der Waals surface area contributed by atoms with Crippen LogP contribution in [0.1, 0.15) is 11.1 Å². The molecule has 0 atom stereocenters. The Hall–Kier alpha value is -2.37. The number of rotatable bonds is 1. The maximum Gasteiger partial charge on any atom is 0.416 e. The van der Waals surface area contributed by atoms with Crippen LogP contribution in [-0.4, -0.2) is 9.97 Å². The molecule has 20 heavy (non-hydrogen) atoms. The van der Waals surface area contributed by atoms with Gasteiger partial charge in [0.05, 0.1) is 5.56 Å². The van der Waals surface area contributed by atoms with Gasteiger partial charge in [0.1, 0.15) is 5.52 Å². The first-order chi connectivity index (χ1) is 9.45. The third-order valence-corrected chi connectivity index (χ3v) is 2.97. The minimum absolute atomic E-state index is 0.186. The predicted octanol–water partition coefficient (Wildman–Crippen LogP) is 4.22. The molecule has 0 amide bonds. The van der Waals surface area contributed by atoms with Gasteiger partial charge >= 0.3 is 6.18 Å². The number of pyridine rings is 1. The van der Waals surface area contributed by atoms with Crippen LogP contribution >= 0.6 is 0 Å². The van der Waals surface area contributed by atoms with Crippen LogP contribution in [0.15, 0.2) is 41.1 Å². The average molecular weight is 278 g/mol. The second-order valence-electron chi connectivity index (χ2n) is 4.39. The van der Waals surface area contributed by atoms with E-state index in [0.717, 1.165) is 17.7 Å². The highest BCUT2D eigenvalue weighted by Crippen LogP contribution is 2.33. The van der Waals surface area contributed by atoms with Crippen molar-refractivity contribution in [3.63, 3.8) is 0 Å². The van der Waals surface area contributed by atoms with Crippen molar-refractivity contribution in [1.82, 2.24) is 9.97 Å². The molecule has 0 spiro atoms.